The molecule has 0 bridgehead atoms. The molecule has 0 N–H and O–H groups in total. The minimum atomic E-state index is -0.173. The zero-order valence-electron chi connectivity index (χ0n) is 12.2. The van der Waals surface area contributed by atoms with Gasteiger partial charge in [-0.3, -0.25) is 14.2 Å². The summed E-state index contributed by atoms with van der Waals surface area (Å²) >= 11 is 0. The Hall–Kier alpha value is -2.94. The zero-order valence-corrected chi connectivity index (χ0v) is 12.2. The Balaban J connectivity index is 2.08. The van der Waals surface area contributed by atoms with Crippen molar-refractivity contribution in [3.63, 3.8) is 0 Å². The van der Waals surface area contributed by atoms with Crippen molar-refractivity contribution in [3.05, 3.63) is 100.0 Å². The van der Waals surface area contributed by atoms with Gasteiger partial charge in [-0.1, -0.05) is 48.5 Å². The highest BCUT2D eigenvalue weighted by Crippen LogP contribution is 2.13. The molecule has 0 aliphatic rings. The van der Waals surface area contributed by atoms with Crippen molar-refractivity contribution in [1.29, 1.82) is 0 Å². The summed E-state index contributed by atoms with van der Waals surface area (Å²) in [7, 11) is 0. The van der Waals surface area contributed by atoms with Crippen molar-refractivity contribution in [1.82, 2.24) is 4.57 Å². The third-order valence-corrected chi connectivity index (χ3v) is 3.65. The van der Waals surface area contributed by atoms with Crippen LogP contribution in [-0.4, -0.2) is 10.4 Å². The van der Waals surface area contributed by atoms with Crippen LogP contribution in [0.4, 0.5) is 0 Å². The van der Waals surface area contributed by atoms with E-state index >= 15 is 0 Å². The highest BCUT2D eigenvalue weighted by atomic mass is 16.1. The van der Waals surface area contributed by atoms with E-state index in [1.807, 2.05) is 48.5 Å². The van der Waals surface area contributed by atoms with Crippen LogP contribution in [0.5, 0.6) is 0 Å². The number of ketones is 1. The van der Waals surface area contributed by atoms with E-state index in [0.29, 0.717) is 16.7 Å². The van der Waals surface area contributed by atoms with Crippen LogP contribution in [0.3, 0.4) is 0 Å². The zero-order chi connectivity index (χ0) is 15.5. The number of benzene rings is 2. The second-order valence-electron chi connectivity index (χ2n) is 5.06. The monoisotopic (exact) mass is 289 g/mol. The average molecular weight is 289 g/mol. The van der Waals surface area contributed by atoms with E-state index < -0.39 is 0 Å². The lowest BCUT2D eigenvalue weighted by Gasteiger charge is -2.10. The molecule has 0 atom stereocenters. The number of hydrogen-bond acceptors (Lipinski definition) is 2. The van der Waals surface area contributed by atoms with Gasteiger partial charge in [0, 0.05) is 28.6 Å². The molecule has 0 fully saturated rings. The predicted molar refractivity (Wildman–Crippen MR) is 86.7 cm³/mol. The highest BCUT2D eigenvalue weighted by molar-refractivity contribution is 6.09. The average Bonchev–Trinajstić information content (AvgIpc) is 2.58. The maximum Gasteiger partial charge on any atom is 0.258 e. The van der Waals surface area contributed by atoms with Gasteiger partial charge >= 0.3 is 0 Å². The fourth-order valence-electron chi connectivity index (χ4n) is 2.42. The van der Waals surface area contributed by atoms with Gasteiger partial charge in [0.2, 0.25) is 0 Å². The van der Waals surface area contributed by atoms with Crippen LogP contribution in [0.15, 0.2) is 77.7 Å². The lowest BCUT2D eigenvalue weighted by atomic mass is 10.0. The minimum absolute atomic E-state index is 0.129. The van der Waals surface area contributed by atoms with Crippen molar-refractivity contribution < 1.29 is 4.79 Å². The first-order valence-corrected chi connectivity index (χ1v) is 7.06. The van der Waals surface area contributed by atoms with Gasteiger partial charge in [-0.15, -0.1) is 0 Å². The first-order valence-electron chi connectivity index (χ1n) is 7.06. The molecule has 0 amide bonds. The fourth-order valence-corrected chi connectivity index (χ4v) is 2.42. The summed E-state index contributed by atoms with van der Waals surface area (Å²) in [5.74, 6) is -0.129. The van der Waals surface area contributed by atoms with Crippen LogP contribution < -0.4 is 5.56 Å². The van der Waals surface area contributed by atoms with E-state index in [0.717, 1.165) is 5.69 Å². The molecule has 2 aromatic carbocycles. The Morgan fingerprint density at radius 1 is 0.864 bits per heavy atom. The molecule has 0 saturated carbocycles. The molecule has 0 radical (unpaired) electrons. The number of carbonyl (C=O) groups excluding carboxylic acids is 1. The summed E-state index contributed by atoms with van der Waals surface area (Å²) in [4.78, 5) is 25.1. The van der Waals surface area contributed by atoms with Crippen LogP contribution >= 0.6 is 0 Å². The third kappa shape index (κ3) is 2.49. The van der Waals surface area contributed by atoms with Crippen molar-refractivity contribution in [2.24, 2.45) is 0 Å². The molecule has 0 unspecified atom stereocenters. The van der Waals surface area contributed by atoms with Crippen LogP contribution in [0.2, 0.25) is 0 Å². The Morgan fingerprint density at radius 3 is 2.09 bits per heavy atom. The van der Waals surface area contributed by atoms with Gasteiger partial charge in [-0.2, -0.15) is 0 Å². The molecule has 1 aromatic heterocycles. The molecule has 0 spiro atoms. The molecule has 22 heavy (non-hydrogen) atoms. The second kappa shape index (κ2) is 5.82. The molecule has 0 aliphatic heterocycles. The van der Waals surface area contributed by atoms with Gasteiger partial charge < -0.3 is 0 Å². The summed E-state index contributed by atoms with van der Waals surface area (Å²) in [6.45, 7) is 1.69. The van der Waals surface area contributed by atoms with E-state index in [2.05, 4.69) is 0 Å². The van der Waals surface area contributed by atoms with E-state index in [9.17, 15) is 9.59 Å². The molecule has 3 rings (SSSR count). The van der Waals surface area contributed by atoms with Gasteiger partial charge in [0.25, 0.3) is 5.56 Å². The van der Waals surface area contributed by atoms with Gasteiger partial charge in [-0.05, 0) is 25.1 Å². The molecule has 0 aliphatic carbocycles. The molecular weight excluding hydrogens is 274 g/mol. The van der Waals surface area contributed by atoms with Gasteiger partial charge in [-0.25, -0.2) is 0 Å². The van der Waals surface area contributed by atoms with Crippen LogP contribution in [0.1, 0.15) is 21.5 Å². The van der Waals surface area contributed by atoms with E-state index in [1.54, 1.807) is 35.9 Å². The maximum absolute atomic E-state index is 12.5. The summed E-state index contributed by atoms with van der Waals surface area (Å²) < 4.78 is 1.55. The number of nitrogens with zero attached hydrogens (tertiary/aromatic N) is 1. The summed E-state index contributed by atoms with van der Waals surface area (Å²) in [5.41, 5.74) is 2.10. The smallest absolute Gasteiger partial charge is 0.258 e. The first kappa shape index (κ1) is 14.0. The molecular formula is C19H15NO2. The van der Waals surface area contributed by atoms with E-state index in [4.69, 9.17) is 0 Å². The molecule has 3 heteroatoms. The Labute approximate surface area is 128 Å². The maximum atomic E-state index is 12.5. The third-order valence-electron chi connectivity index (χ3n) is 3.65. The van der Waals surface area contributed by atoms with E-state index in [1.165, 1.54) is 0 Å². The number of hydrogen-bond donors (Lipinski definition) is 0. The van der Waals surface area contributed by atoms with Crippen LogP contribution in [-0.2, 0) is 0 Å². The van der Waals surface area contributed by atoms with E-state index in [-0.39, 0.29) is 11.3 Å². The number of aromatic nitrogens is 1. The van der Waals surface area contributed by atoms with Gasteiger partial charge in [0.15, 0.2) is 5.78 Å². The standard InChI is InChI=1S/C19H15NO2/c1-14-17(18(21)15-8-4-2-5-9-15)12-13-20(19(14)22)16-10-6-3-7-11-16/h2-13H,1H3. The van der Waals surface area contributed by atoms with Crippen molar-refractivity contribution in [3.8, 4) is 5.69 Å². The minimum Gasteiger partial charge on any atom is -0.289 e. The number of pyridine rings is 1. The lowest BCUT2D eigenvalue weighted by Crippen LogP contribution is -2.23. The van der Waals surface area contributed by atoms with Crippen LogP contribution in [0.25, 0.3) is 5.69 Å². The summed E-state index contributed by atoms with van der Waals surface area (Å²) in [6.07, 6.45) is 1.65. The first-order chi connectivity index (χ1) is 10.7. The van der Waals surface area contributed by atoms with Gasteiger partial charge in [0.05, 0.1) is 0 Å². The fraction of sp³-hybridized carbons (Fsp3) is 0.0526. The molecule has 3 nitrogen and oxygen atoms in total. The lowest BCUT2D eigenvalue weighted by molar-refractivity contribution is 0.103. The van der Waals surface area contributed by atoms with Gasteiger partial charge in [0.1, 0.15) is 0 Å². The summed E-state index contributed by atoms with van der Waals surface area (Å²) in [6, 6.07) is 20.1. The topological polar surface area (TPSA) is 39.1 Å². The van der Waals surface area contributed by atoms with Crippen LogP contribution in [0, 0.1) is 6.92 Å². The predicted octanol–water partition coefficient (Wildman–Crippen LogP) is 3.38. The highest BCUT2D eigenvalue weighted by Gasteiger charge is 2.15. The van der Waals surface area contributed by atoms with Crippen molar-refractivity contribution >= 4 is 5.78 Å². The molecule has 1 heterocycles. The number of carbonyl (C=O) groups is 1. The molecule has 0 saturated heterocycles. The summed E-state index contributed by atoms with van der Waals surface area (Å²) in [5, 5.41) is 0. The van der Waals surface area contributed by atoms with Crippen molar-refractivity contribution in [2.75, 3.05) is 0 Å². The number of para-hydroxylation sites is 1. The Kier molecular flexibility index (Phi) is 3.71. The normalized spacial score (nSPS) is 10.4. The quantitative estimate of drug-likeness (QED) is 0.693. The van der Waals surface area contributed by atoms with Crippen molar-refractivity contribution in [2.45, 2.75) is 6.92 Å². The Morgan fingerprint density at radius 2 is 1.45 bits per heavy atom. The second-order valence-corrected chi connectivity index (χ2v) is 5.06. The molecule has 3 aromatic rings. The largest absolute Gasteiger partial charge is 0.289 e. The SMILES string of the molecule is Cc1c(C(=O)c2ccccc2)ccn(-c2ccccc2)c1=O. The Bertz CT molecular complexity index is 865. The number of rotatable bonds is 3. The molecule has 108 valence electrons.